The summed E-state index contributed by atoms with van der Waals surface area (Å²) in [6.07, 6.45) is 3.11. The Morgan fingerprint density at radius 2 is 2.09 bits per heavy atom. The lowest BCUT2D eigenvalue weighted by Crippen LogP contribution is -2.51. The number of rotatable bonds is 6. The van der Waals surface area contributed by atoms with Crippen molar-refractivity contribution >= 4 is 22.8 Å². The first-order valence-electron chi connectivity index (χ1n) is 7.47. The number of aromatic nitrogens is 1. The predicted octanol–water partition coefficient (Wildman–Crippen LogP) is 2.78. The van der Waals surface area contributed by atoms with E-state index in [2.05, 4.69) is 10.3 Å². The summed E-state index contributed by atoms with van der Waals surface area (Å²) in [6, 6.07) is 6.06. The molecule has 22 heavy (non-hydrogen) atoms. The highest BCUT2D eigenvalue weighted by Crippen LogP contribution is 2.22. The van der Waals surface area contributed by atoms with Crippen molar-refractivity contribution in [3.8, 4) is 0 Å². The summed E-state index contributed by atoms with van der Waals surface area (Å²) in [5, 5.41) is 12.9. The maximum Gasteiger partial charge on any atom is 0.329 e. The van der Waals surface area contributed by atoms with Crippen LogP contribution in [0.15, 0.2) is 24.4 Å². The second-order valence-electron chi connectivity index (χ2n) is 5.85. The second-order valence-corrected chi connectivity index (χ2v) is 5.85. The number of aryl methyl sites for hydroxylation is 2. The standard InChI is InChI=1S/C17H22N2O3/c1-4-17(3,16(21)22)19-14(20)9-8-12-10-18-15-11(2)6-5-7-13(12)15/h5-7,10,18H,4,8-9H2,1-3H3,(H,19,20)(H,21,22). The first-order valence-corrected chi connectivity index (χ1v) is 7.47. The molecule has 2 aromatic rings. The number of carboxylic acid groups (broad SMARTS) is 1. The van der Waals surface area contributed by atoms with Crippen LogP contribution >= 0.6 is 0 Å². The summed E-state index contributed by atoms with van der Waals surface area (Å²) in [6.45, 7) is 5.31. The molecule has 1 heterocycles. The van der Waals surface area contributed by atoms with Crippen LogP contribution in [0, 0.1) is 6.92 Å². The van der Waals surface area contributed by atoms with Gasteiger partial charge in [0, 0.05) is 23.5 Å². The summed E-state index contributed by atoms with van der Waals surface area (Å²) in [4.78, 5) is 26.5. The van der Waals surface area contributed by atoms with Gasteiger partial charge in [-0.1, -0.05) is 25.1 Å². The van der Waals surface area contributed by atoms with E-state index in [0.717, 1.165) is 22.0 Å². The molecule has 0 aliphatic heterocycles. The number of aromatic amines is 1. The number of nitrogens with one attached hydrogen (secondary N) is 2. The zero-order valence-corrected chi connectivity index (χ0v) is 13.2. The molecule has 1 amide bonds. The molecule has 0 saturated heterocycles. The van der Waals surface area contributed by atoms with Gasteiger partial charge in [0.25, 0.3) is 0 Å². The van der Waals surface area contributed by atoms with E-state index in [1.54, 1.807) is 6.92 Å². The van der Waals surface area contributed by atoms with Crippen LogP contribution in [0.25, 0.3) is 10.9 Å². The lowest BCUT2D eigenvalue weighted by molar-refractivity contribution is -0.147. The van der Waals surface area contributed by atoms with Crippen LogP contribution < -0.4 is 5.32 Å². The van der Waals surface area contributed by atoms with E-state index in [-0.39, 0.29) is 12.3 Å². The van der Waals surface area contributed by atoms with Gasteiger partial charge < -0.3 is 15.4 Å². The van der Waals surface area contributed by atoms with Crippen LogP contribution in [-0.4, -0.2) is 27.5 Å². The Bertz CT molecular complexity index is 705. The number of H-pyrrole nitrogens is 1. The van der Waals surface area contributed by atoms with Crippen LogP contribution in [0.3, 0.4) is 0 Å². The number of carbonyl (C=O) groups is 2. The average molecular weight is 302 g/mol. The molecule has 5 nitrogen and oxygen atoms in total. The molecule has 5 heteroatoms. The van der Waals surface area contributed by atoms with Crippen molar-refractivity contribution < 1.29 is 14.7 Å². The minimum atomic E-state index is -1.20. The topological polar surface area (TPSA) is 82.2 Å². The van der Waals surface area contributed by atoms with Crippen LogP contribution in [0.5, 0.6) is 0 Å². The molecule has 2 rings (SSSR count). The van der Waals surface area contributed by atoms with Gasteiger partial charge in [0.2, 0.25) is 5.91 Å². The van der Waals surface area contributed by atoms with Crippen molar-refractivity contribution in [3.63, 3.8) is 0 Å². The highest BCUT2D eigenvalue weighted by atomic mass is 16.4. The van der Waals surface area contributed by atoms with Crippen molar-refractivity contribution in [2.45, 2.75) is 45.6 Å². The van der Waals surface area contributed by atoms with Crippen LogP contribution in [0.1, 0.15) is 37.8 Å². The largest absolute Gasteiger partial charge is 0.480 e. The van der Waals surface area contributed by atoms with Crippen molar-refractivity contribution in [1.82, 2.24) is 10.3 Å². The van der Waals surface area contributed by atoms with Crippen LogP contribution in [0.4, 0.5) is 0 Å². The molecule has 0 fully saturated rings. The predicted molar refractivity (Wildman–Crippen MR) is 85.8 cm³/mol. The van der Waals surface area contributed by atoms with E-state index in [4.69, 9.17) is 0 Å². The SMILES string of the molecule is CCC(C)(NC(=O)CCc1c[nH]c2c(C)cccc12)C(=O)O. The van der Waals surface area contributed by atoms with Gasteiger partial charge in [-0.3, -0.25) is 4.79 Å². The number of hydrogen-bond donors (Lipinski definition) is 3. The third kappa shape index (κ3) is 3.13. The number of fused-ring (bicyclic) bond motifs is 1. The monoisotopic (exact) mass is 302 g/mol. The summed E-state index contributed by atoms with van der Waals surface area (Å²) >= 11 is 0. The maximum absolute atomic E-state index is 12.0. The van der Waals surface area contributed by atoms with Crippen molar-refractivity contribution in [2.75, 3.05) is 0 Å². The molecular weight excluding hydrogens is 280 g/mol. The maximum atomic E-state index is 12.0. The molecule has 0 saturated carbocycles. The number of carboxylic acids is 1. The number of hydrogen-bond acceptors (Lipinski definition) is 2. The molecule has 3 N–H and O–H groups in total. The van der Waals surface area contributed by atoms with Crippen molar-refractivity contribution in [2.24, 2.45) is 0 Å². The summed E-state index contributed by atoms with van der Waals surface area (Å²) in [7, 11) is 0. The summed E-state index contributed by atoms with van der Waals surface area (Å²) in [5.41, 5.74) is 2.12. The van der Waals surface area contributed by atoms with E-state index in [0.29, 0.717) is 12.8 Å². The van der Waals surface area contributed by atoms with Crippen molar-refractivity contribution in [3.05, 3.63) is 35.5 Å². The summed E-state index contributed by atoms with van der Waals surface area (Å²) in [5.74, 6) is -1.25. The van der Waals surface area contributed by atoms with E-state index >= 15 is 0 Å². The number of amides is 1. The van der Waals surface area contributed by atoms with E-state index in [9.17, 15) is 14.7 Å². The zero-order valence-electron chi connectivity index (χ0n) is 13.2. The average Bonchev–Trinajstić information content (AvgIpc) is 2.89. The molecule has 1 unspecified atom stereocenters. The molecule has 0 radical (unpaired) electrons. The minimum Gasteiger partial charge on any atom is -0.480 e. The number of aliphatic carboxylic acids is 1. The number of para-hydroxylation sites is 1. The Morgan fingerprint density at radius 3 is 2.73 bits per heavy atom. The third-order valence-corrected chi connectivity index (χ3v) is 4.23. The van der Waals surface area contributed by atoms with E-state index in [1.165, 1.54) is 6.92 Å². The zero-order chi connectivity index (χ0) is 16.3. The van der Waals surface area contributed by atoms with E-state index in [1.807, 2.05) is 31.3 Å². The van der Waals surface area contributed by atoms with Gasteiger partial charge in [0.05, 0.1) is 0 Å². The highest BCUT2D eigenvalue weighted by Gasteiger charge is 2.32. The molecule has 0 bridgehead atoms. The molecule has 118 valence electrons. The second kappa shape index (κ2) is 6.22. The summed E-state index contributed by atoms with van der Waals surface area (Å²) < 4.78 is 0. The Kier molecular flexibility index (Phi) is 4.54. The number of benzene rings is 1. The molecular formula is C17H22N2O3. The quantitative estimate of drug-likeness (QED) is 0.767. The Hall–Kier alpha value is -2.30. The van der Waals surface area contributed by atoms with Gasteiger partial charge in [-0.05, 0) is 37.8 Å². The third-order valence-electron chi connectivity index (χ3n) is 4.23. The highest BCUT2D eigenvalue weighted by molar-refractivity contribution is 5.88. The lowest BCUT2D eigenvalue weighted by atomic mass is 9.98. The van der Waals surface area contributed by atoms with Gasteiger partial charge in [0.1, 0.15) is 5.54 Å². The normalized spacial score (nSPS) is 13.8. The van der Waals surface area contributed by atoms with E-state index < -0.39 is 11.5 Å². The Morgan fingerprint density at radius 1 is 1.36 bits per heavy atom. The van der Waals surface area contributed by atoms with Gasteiger partial charge in [-0.15, -0.1) is 0 Å². The van der Waals surface area contributed by atoms with Crippen LogP contribution in [-0.2, 0) is 16.0 Å². The molecule has 1 atom stereocenters. The van der Waals surface area contributed by atoms with Gasteiger partial charge in [-0.25, -0.2) is 4.79 Å². The minimum absolute atomic E-state index is 0.242. The Labute approximate surface area is 129 Å². The Balaban J connectivity index is 2.04. The molecule has 0 aliphatic carbocycles. The van der Waals surface area contributed by atoms with Crippen molar-refractivity contribution in [1.29, 1.82) is 0 Å². The van der Waals surface area contributed by atoms with Gasteiger partial charge in [0.15, 0.2) is 0 Å². The van der Waals surface area contributed by atoms with Gasteiger partial charge in [-0.2, -0.15) is 0 Å². The smallest absolute Gasteiger partial charge is 0.329 e. The molecule has 0 aliphatic rings. The van der Waals surface area contributed by atoms with Crippen LogP contribution in [0.2, 0.25) is 0 Å². The lowest BCUT2D eigenvalue weighted by Gasteiger charge is -2.24. The fourth-order valence-electron chi connectivity index (χ4n) is 2.48. The molecule has 1 aromatic carbocycles. The fraction of sp³-hybridized carbons (Fsp3) is 0.412. The first-order chi connectivity index (χ1) is 10.4. The number of carbonyl (C=O) groups excluding carboxylic acids is 1. The fourth-order valence-corrected chi connectivity index (χ4v) is 2.48. The molecule has 1 aromatic heterocycles. The molecule has 0 spiro atoms. The van der Waals surface area contributed by atoms with Gasteiger partial charge >= 0.3 is 5.97 Å². The first kappa shape index (κ1) is 16.1.